The van der Waals surface area contributed by atoms with Crippen LogP contribution in [0.3, 0.4) is 0 Å². The molecule has 3 rings (SSSR count). The fourth-order valence-electron chi connectivity index (χ4n) is 2.26. The average molecular weight is 361 g/mol. The van der Waals surface area contributed by atoms with Crippen molar-refractivity contribution < 1.29 is 4.74 Å². The molecule has 0 aliphatic rings. The van der Waals surface area contributed by atoms with Crippen molar-refractivity contribution in [3.8, 4) is 16.3 Å². The summed E-state index contributed by atoms with van der Waals surface area (Å²) in [4.78, 5) is 14.5. The number of rotatable bonds is 5. The van der Waals surface area contributed by atoms with E-state index in [0.29, 0.717) is 16.7 Å². The van der Waals surface area contributed by atoms with Crippen LogP contribution in [0.4, 0.5) is 11.6 Å². The number of aryl methyl sites for hydroxylation is 2. The first-order valence-electron chi connectivity index (χ1n) is 7.51. The van der Waals surface area contributed by atoms with Gasteiger partial charge in [-0.2, -0.15) is 0 Å². The van der Waals surface area contributed by atoms with Crippen LogP contribution in [0.1, 0.15) is 17.6 Å². The van der Waals surface area contributed by atoms with Crippen LogP contribution >= 0.6 is 22.9 Å². The third-order valence-corrected chi connectivity index (χ3v) is 5.06. The molecule has 1 N–H and O–H groups in total. The summed E-state index contributed by atoms with van der Waals surface area (Å²) in [7, 11) is 1.59. The van der Waals surface area contributed by atoms with Crippen LogP contribution < -0.4 is 10.1 Å². The fraction of sp³-hybridized carbons (Fsp3) is 0.235. The molecule has 0 radical (unpaired) electrons. The lowest BCUT2D eigenvalue weighted by Gasteiger charge is -2.08. The second kappa shape index (κ2) is 7.15. The molecule has 0 aliphatic heterocycles. The maximum atomic E-state index is 6.15. The van der Waals surface area contributed by atoms with E-state index in [1.807, 2.05) is 19.1 Å². The topological polar surface area (TPSA) is 59.9 Å². The Morgan fingerprint density at radius 1 is 1.25 bits per heavy atom. The molecule has 7 heteroatoms. The summed E-state index contributed by atoms with van der Waals surface area (Å²) in [5.74, 6) is 1.14. The molecule has 2 heterocycles. The minimum Gasteiger partial charge on any atom is -0.495 e. The van der Waals surface area contributed by atoms with Crippen molar-refractivity contribution in [3.05, 3.63) is 46.2 Å². The molecule has 0 bridgehead atoms. The molecule has 0 saturated carbocycles. The Bertz CT molecular complexity index is 866. The maximum Gasteiger partial charge on any atom is 0.227 e. The molecule has 0 spiro atoms. The number of hydrogen-bond acceptors (Lipinski definition) is 6. The van der Waals surface area contributed by atoms with E-state index in [9.17, 15) is 0 Å². The Labute approximate surface area is 149 Å². The first-order valence-corrected chi connectivity index (χ1v) is 8.70. The molecular weight excluding hydrogens is 344 g/mol. The standard InChI is InChI=1S/C17H17ClN4OS/c1-4-15-20-10(2)16(24-15)13-7-8-19-17(22-13)21-11-5-6-14(23-3)12(18)9-11/h5-9H,4H2,1-3H3,(H,19,21,22). The minimum absolute atomic E-state index is 0.514. The van der Waals surface area contributed by atoms with Gasteiger partial charge in [0.05, 0.1) is 33.4 Å². The van der Waals surface area contributed by atoms with Crippen molar-refractivity contribution in [1.29, 1.82) is 0 Å². The smallest absolute Gasteiger partial charge is 0.227 e. The lowest BCUT2D eigenvalue weighted by Crippen LogP contribution is -1.98. The lowest BCUT2D eigenvalue weighted by molar-refractivity contribution is 0.415. The molecule has 24 heavy (non-hydrogen) atoms. The highest BCUT2D eigenvalue weighted by Crippen LogP contribution is 2.31. The van der Waals surface area contributed by atoms with Gasteiger partial charge in [0, 0.05) is 11.9 Å². The van der Waals surface area contributed by atoms with Gasteiger partial charge in [-0.25, -0.2) is 15.0 Å². The third-order valence-electron chi connectivity index (χ3n) is 3.44. The molecule has 124 valence electrons. The molecule has 3 aromatic rings. The molecule has 0 aliphatic carbocycles. The van der Waals surface area contributed by atoms with Gasteiger partial charge in [-0.1, -0.05) is 18.5 Å². The molecule has 0 amide bonds. The molecule has 2 aromatic heterocycles. The van der Waals surface area contributed by atoms with Gasteiger partial charge in [-0.05, 0) is 37.6 Å². The van der Waals surface area contributed by atoms with E-state index in [1.165, 1.54) is 0 Å². The van der Waals surface area contributed by atoms with Crippen LogP contribution in [0.2, 0.25) is 5.02 Å². The van der Waals surface area contributed by atoms with Crippen LogP contribution in [0.15, 0.2) is 30.5 Å². The Kier molecular flexibility index (Phi) is 4.97. The van der Waals surface area contributed by atoms with E-state index in [0.717, 1.165) is 33.4 Å². The quantitative estimate of drug-likeness (QED) is 0.702. The molecule has 0 unspecified atom stereocenters. The molecular formula is C17H17ClN4OS. The largest absolute Gasteiger partial charge is 0.495 e. The maximum absolute atomic E-state index is 6.15. The second-order valence-corrected chi connectivity index (χ2v) is 6.61. The number of nitrogens with one attached hydrogen (secondary N) is 1. The van der Waals surface area contributed by atoms with Gasteiger partial charge in [0.1, 0.15) is 5.75 Å². The number of hydrogen-bond donors (Lipinski definition) is 1. The molecule has 0 atom stereocenters. The zero-order chi connectivity index (χ0) is 17.1. The number of methoxy groups -OCH3 is 1. The van der Waals surface area contributed by atoms with Gasteiger partial charge < -0.3 is 10.1 Å². The molecule has 0 saturated heterocycles. The van der Waals surface area contributed by atoms with Crippen LogP contribution in [0, 0.1) is 6.92 Å². The number of nitrogens with zero attached hydrogens (tertiary/aromatic N) is 3. The first-order chi connectivity index (χ1) is 11.6. The zero-order valence-corrected chi connectivity index (χ0v) is 15.2. The number of ether oxygens (including phenoxy) is 1. The van der Waals surface area contributed by atoms with E-state index in [1.54, 1.807) is 36.8 Å². The van der Waals surface area contributed by atoms with Crippen LogP contribution in [0.25, 0.3) is 10.6 Å². The van der Waals surface area contributed by atoms with E-state index < -0.39 is 0 Å². The summed E-state index contributed by atoms with van der Waals surface area (Å²) in [6.07, 6.45) is 2.66. The van der Waals surface area contributed by atoms with Crippen LogP contribution in [-0.4, -0.2) is 22.1 Å². The van der Waals surface area contributed by atoms with Crippen molar-refractivity contribution in [1.82, 2.24) is 15.0 Å². The zero-order valence-electron chi connectivity index (χ0n) is 13.6. The summed E-state index contributed by atoms with van der Waals surface area (Å²) in [6.45, 7) is 4.10. The van der Waals surface area contributed by atoms with Gasteiger partial charge >= 0.3 is 0 Å². The Morgan fingerprint density at radius 2 is 2.08 bits per heavy atom. The van der Waals surface area contributed by atoms with Gasteiger partial charge in [0.15, 0.2) is 0 Å². The monoisotopic (exact) mass is 360 g/mol. The predicted octanol–water partition coefficient (Wildman–Crippen LogP) is 4.88. The Morgan fingerprint density at radius 3 is 2.75 bits per heavy atom. The summed E-state index contributed by atoms with van der Waals surface area (Å²) in [6, 6.07) is 7.35. The van der Waals surface area contributed by atoms with E-state index in [4.69, 9.17) is 16.3 Å². The van der Waals surface area contributed by atoms with E-state index in [-0.39, 0.29) is 0 Å². The summed E-state index contributed by atoms with van der Waals surface area (Å²) >= 11 is 7.82. The van der Waals surface area contributed by atoms with Crippen molar-refractivity contribution >= 4 is 34.6 Å². The summed E-state index contributed by atoms with van der Waals surface area (Å²) in [5.41, 5.74) is 2.66. The van der Waals surface area contributed by atoms with Crippen LogP contribution in [-0.2, 0) is 6.42 Å². The molecule has 1 aromatic carbocycles. The molecule has 0 fully saturated rings. The molecule has 5 nitrogen and oxygen atoms in total. The second-order valence-electron chi connectivity index (χ2n) is 5.12. The number of thiazole rings is 1. The fourth-order valence-corrected chi connectivity index (χ4v) is 3.49. The van der Waals surface area contributed by atoms with Crippen molar-refractivity contribution in [3.63, 3.8) is 0 Å². The minimum atomic E-state index is 0.514. The van der Waals surface area contributed by atoms with E-state index >= 15 is 0 Å². The number of halogens is 1. The number of anilines is 2. The van der Waals surface area contributed by atoms with E-state index in [2.05, 4.69) is 27.2 Å². The highest BCUT2D eigenvalue weighted by molar-refractivity contribution is 7.15. The predicted molar refractivity (Wildman–Crippen MR) is 98.5 cm³/mol. The Balaban J connectivity index is 1.88. The van der Waals surface area contributed by atoms with Gasteiger partial charge in [0.25, 0.3) is 0 Å². The highest BCUT2D eigenvalue weighted by Gasteiger charge is 2.11. The van der Waals surface area contributed by atoms with Crippen molar-refractivity contribution in [2.75, 3.05) is 12.4 Å². The van der Waals surface area contributed by atoms with Crippen molar-refractivity contribution in [2.45, 2.75) is 20.3 Å². The summed E-state index contributed by atoms with van der Waals surface area (Å²) < 4.78 is 5.16. The third kappa shape index (κ3) is 3.49. The van der Waals surface area contributed by atoms with Gasteiger partial charge in [0.2, 0.25) is 5.95 Å². The SMILES string of the molecule is CCc1nc(C)c(-c2ccnc(Nc3ccc(OC)c(Cl)c3)n2)s1. The Hall–Kier alpha value is -2.18. The number of benzene rings is 1. The normalized spacial score (nSPS) is 10.7. The van der Waals surface area contributed by atoms with Crippen LogP contribution in [0.5, 0.6) is 5.75 Å². The number of aromatic nitrogens is 3. The lowest BCUT2D eigenvalue weighted by atomic mass is 10.3. The van der Waals surface area contributed by atoms with Crippen molar-refractivity contribution in [2.24, 2.45) is 0 Å². The van der Waals surface area contributed by atoms with Gasteiger partial charge in [-0.15, -0.1) is 11.3 Å². The first kappa shape index (κ1) is 16.7. The van der Waals surface area contributed by atoms with Gasteiger partial charge in [-0.3, -0.25) is 0 Å². The average Bonchev–Trinajstić information content (AvgIpc) is 2.96. The summed E-state index contributed by atoms with van der Waals surface area (Å²) in [5, 5.41) is 4.81. The highest BCUT2D eigenvalue weighted by atomic mass is 35.5.